The van der Waals surface area contributed by atoms with Gasteiger partial charge in [0.1, 0.15) is 5.52 Å². The van der Waals surface area contributed by atoms with Gasteiger partial charge >= 0.3 is 0 Å². The molecule has 70 heavy (non-hydrogen) atoms. The molecule has 0 amide bonds. The van der Waals surface area contributed by atoms with Gasteiger partial charge in [0.25, 0.3) is 0 Å². The van der Waals surface area contributed by atoms with Crippen molar-refractivity contribution < 1.29 is 0 Å². The van der Waals surface area contributed by atoms with E-state index in [0.717, 1.165) is 112 Å². The van der Waals surface area contributed by atoms with Crippen LogP contribution in [0.2, 0.25) is 0 Å². The normalized spacial score (nSPS) is 12.1. The maximum atomic E-state index is 4.68. The van der Waals surface area contributed by atoms with Crippen LogP contribution < -0.4 is 25.8 Å². The first kappa shape index (κ1) is 40.8. The minimum atomic E-state index is 0.843. The number of nitrogens with one attached hydrogen (secondary N) is 2. The molecule has 0 unspecified atom stereocenters. The highest BCUT2D eigenvalue weighted by Crippen LogP contribution is 2.44. The molecule has 0 radical (unpaired) electrons. The molecule has 0 saturated heterocycles. The maximum absolute atomic E-state index is 4.68. The molecule has 0 spiro atoms. The third kappa shape index (κ3) is 6.99. The Morgan fingerprint density at radius 3 is 1.47 bits per heavy atom. The second kappa shape index (κ2) is 17.0. The van der Waals surface area contributed by atoms with Crippen molar-refractivity contribution in [2.45, 2.75) is 6.92 Å². The molecule has 0 aliphatic carbocycles. The molecule has 10 aromatic carbocycles. The smallest absolute Gasteiger partial charge is 0.113 e. The Balaban J connectivity index is 0.983. The van der Waals surface area contributed by atoms with Crippen LogP contribution in [0.4, 0.5) is 51.2 Å². The number of hydrazine groups is 2. The van der Waals surface area contributed by atoms with E-state index in [-0.39, 0.29) is 0 Å². The lowest BCUT2D eigenvalue weighted by atomic mass is 10.00. The number of fused-ring (bicyclic) bond motifs is 5. The monoisotopic (exact) mass is 903 g/mol. The molecule has 0 saturated carbocycles. The molecule has 12 aromatic rings. The molecule has 0 bridgehead atoms. The van der Waals surface area contributed by atoms with Crippen LogP contribution in [-0.2, 0) is 0 Å². The first-order valence-electron chi connectivity index (χ1n) is 23.5. The third-order valence-electron chi connectivity index (χ3n) is 13.4. The van der Waals surface area contributed by atoms with E-state index < -0.39 is 0 Å². The molecule has 0 fully saturated rings. The van der Waals surface area contributed by atoms with Crippen molar-refractivity contribution >= 4 is 84.0 Å². The number of aromatic nitrogens is 4. The number of para-hydroxylation sites is 7. The Kier molecular flexibility index (Phi) is 9.92. The van der Waals surface area contributed by atoms with Crippen LogP contribution in [0.3, 0.4) is 0 Å². The highest BCUT2D eigenvalue weighted by molar-refractivity contribution is 6.12. The zero-order valence-corrected chi connectivity index (χ0v) is 38.2. The van der Waals surface area contributed by atoms with Gasteiger partial charge in [-0.15, -0.1) is 10.6 Å². The van der Waals surface area contributed by atoms with E-state index in [1.807, 2.05) is 28.9 Å². The summed E-state index contributed by atoms with van der Waals surface area (Å²) in [4.78, 5) is 4.67. The van der Waals surface area contributed by atoms with Gasteiger partial charge in [-0.3, -0.25) is 5.01 Å². The van der Waals surface area contributed by atoms with E-state index in [1.165, 1.54) is 0 Å². The number of benzene rings is 10. The van der Waals surface area contributed by atoms with Crippen molar-refractivity contribution in [3.8, 4) is 22.5 Å². The highest BCUT2D eigenvalue weighted by atomic mass is 15.7. The summed E-state index contributed by atoms with van der Waals surface area (Å²) in [5, 5.41) is 13.6. The first-order valence-corrected chi connectivity index (χ1v) is 23.5. The molecule has 9 nitrogen and oxygen atoms in total. The Morgan fingerprint density at radius 2 is 0.900 bits per heavy atom. The highest BCUT2D eigenvalue weighted by Gasteiger charge is 2.25. The number of hydrogen-bond acceptors (Lipinski definition) is 7. The van der Waals surface area contributed by atoms with Gasteiger partial charge < -0.3 is 19.8 Å². The largest absolute Gasteiger partial charge is 0.310 e. The van der Waals surface area contributed by atoms with E-state index in [1.54, 1.807) is 0 Å². The molecule has 1 aliphatic heterocycles. The van der Waals surface area contributed by atoms with Crippen molar-refractivity contribution in [1.29, 1.82) is 0 Å². The molecule has 1 aliphatic rings. The summed E-state index contributed by atoms with van der Waals surface area (Å²) in [5.74, 6) is 0. The lowest BCUT2D eigenvalue weighted by Crippen LogP contribution is -2.32. The van der Waals surface area contributed by atoms with E-state index >= 15 is 0 Å². The van der Waals surface area contributed by atoms with Gasteiger partial charge in [-0.1, -0.05) is 114 Å². The zero-order chi connectivity index (χ0) is 46.5. The number of nitrogens with zero attached hydrogens (tertiary/aromatic N) is 7. The van der Waals surface area contributed by atoms with Gasteiger partial charge in [0.2, 0.25) is 0 Å². The summed E-state index contributed by atoms with van der Waals surface area (Å²) < 4.78 is 4.35. The Bertz CT molecular complexity index is 3630. The van der Waals surface area contributed by atoms with Crippen molar-refractivity contribution in [3.63, 3.8) is 0 Å². The predicted octanol–water partition coefficient (Wildman–Crippen LogP) is 15.4. The Hall–Kier alpha value is -9.44. The average molecular weight is 904 g/mol. The lowest BCUT2D eigenvalue weighted by Gasteiger charge is -2.26. The van der Waals surface area contributed by atoms with Crippen LogP contribution in [-0.4, -0.2) is 19.6 Å². The second-order valence-corrected chi connectivity index (χ2v) is 17.5. The van der Waals surface area contributed by atoms with Crippen molar-refractivity contribution in [2.75, 3.05) is 20.2 Å². The average Bonchev–Trinajstić information content (AvgIpc) is 4.15. The molecule has 2 aromatic heterocycles. The van der Waals surface area contributed by atoms with Crippen LogP contribution in [0.1, 0.15) is 5.56 Å². The molecule has 0 atom stereocenters. The van der Waals surface area contributed by atoms with E-state index in [9.17, 15) is 0 Å². The molecule has 9 heteroatoms. The molecule has 334 valence electrons. The Labute approximate surface area is 405 Å². The maximum Gasteiger partial charge on any atom is 0.113 e. The van der Waals surface area contributed by atoms with Crippen molar-refractivity contribution in [3.05, 3.63) is 248 Å². The van der Waals surface area contributed by atoms with Crippen LogP contribution in [0.25, 0.3) is 55.3 Å². The summed E-state index contributed by atoms with van der Waals surface area (Å²) >= 11 is 0. The molecule has 3 heterocycles. The molecular weight excluding hydrogens is 859 g/mol. The topological polar surface area (TPSA) is 69.4 Å². The van der Waals surface area contributed by atoms with E-state index in [2.05, 4.69) is 266 Å². The fourth-order valence-electron chi connectivity index (χ4n) is 10.1. The van der Waals surface area contributed by atoms with Gasteiger partial charge in [0, 0.05) is 56.1 Å². The summed E-state index contributed by atoms with van der Waals surface area (Å²) in [7, 11) is 0. The van der Waals surface area contributed by atoms with Crippen molar-refractivity contribution in [1.82, 2.24) is 25.1 Å². The summed E-state index contributed by atoms with van der Waals surface area (Å²) in [6.07, 6.45) is 0. The first-order chi connectivity index (χ1) is 34.6. The minimum Gasteiger partial charge on any atom is -0.310 e. The van der Waals surface area contributed by atoms with Gasteiger partial charge in [-0.05, 0) is 152 Å². The summed E-state index contributed by atoms with van der Waals surface area (Å²) in [6, 6.07) is 86.0. The molecule has 2 N–H and O–H groups in total. The number of anilines is 9. The number of hydrogen-bond donors (Lipinski definition) is 2. The van der Waals surface area contributed by atoms with Gasteiger partial charge in [-0.2, -0.15) is 0 Å². The molecule has 13 rings (SSSR count). The van der Waals surface area contributed by atoms with Crippen LogP contribution in [0.5, 0.6) is 0 Å². The quantitative estimate of drug-likeness (QED) is 0.142. The van der Waals surface area contributed by atoms with Crippen LogP contribution >= 0.6 is 0 Å². The zero-order valence-electron chi connectivity index (χ0n) is 38.2. The van der Waals surface area contributed by atoms with E-state index in [0.29, 0.717) is 0 Å². The second-order valence-electron chi connectivity index (χ2n) is 17.5. The SMILES string of the molecule is Cc1c(N2NNc3ccccc32)cc(-c2ccc(-n3c4ccc(N(c5ccccc5)c5ccccc5)cc4c4cc(N(c5ccccc5)c5ccccc5)ccc43)cc2)cc1-n1nnc2ccccc21. The fraction of sp³-hybridized carbons (Fsp3) is 0.0164. The summed E-state index contributed by atoms with van der Waals surface area (Å²) in [6.45, 7) is 2.15. The lowest BCUT2D eigenvalue weighted by molar-refractivity contribution is 0.813. The fourth-order valence-corrected chi connectivity index (χ4v) is 10.1. The van der Waals surface area contributed by atoms with Gasteiger partial charge in [0.15, 0.2) is 0 Å². The summed E-state index contributed by atoms with van der Waals surface area (Å²) in [5.41, 5.74) is 25.5. The van der Waals surface area contributed by atoms with Crippen LogP contribution in [0.15, 0.2) is 243 Å². The van der Waals surface area contributed by atoms with Gasteiger partial charge in [-0.25, -0.2) is 4.68 Å². The molecular formula is C61H45N9. The predicted molar refractivity (Wildman–Crippen MR) is 288 cm³/mol. The van der Waals surface area contributed by atoms with Crippen molar-refractivity contribution in [2.24, 2.45) is 0 Å². The third-order valence-corrected chi connectivity index (χ3v) is 13.4. The Morgan fingerprint density at radius 1 is 0.400 bits per heavy atom. The van der Waals surface area contributed by atoms with Gasteiger partial charge in [0.05, 0.1) is 39.3 Å². The van der Waals surface area contributed by atoms with E-state index in [4.69, 9.17) is 0 Å². The minimum absolute atomic E-state index is 0.843. The number of rotatable bonds is 10. The van der Waals surface area contributed by atoms with Crippen LogP contribution in [0, 0.1) is 6.92 Å². The standard InChI is InChI=1S/C61H45N9/c1-42-60(69-58-28-16-14-26-54(58)62-64-69)38-44(39-61(42)70-59-29-17-15-27-55(59)63-65-70)43-30-32-49(33-31-43)68-56-36-34-50(66(45-18-6-2-7-19-45)46-20-8-3-9-21-46)40-52(56)53-41-51(35-37-57(53)68)67(47-22-10-4-11-23-47)48-24-12-5-13-25-48/h2-41,62,64H,1H3.